The standard InChI is InChI=1S/C18H21N5O4/c1-27-15-4-2-3-12(7-15)17(25)19-5-6-20-18(26)13-8-16(24)23(11-13)14-9-21-22-10-14/h2-4,7,9-10,13H,5-6,8,11H2,1H3,(H,19,25)(H,20,26)(H,21,22). The van der Waals surface area contributed by atoms with E-state index >= 15 is 0 Å². The second-order valence-electron chi connectivity index (χ2n) is 6.14. The first-order chi connectivity index (χ1) is 13.1. The van der Waals surface area contributed by atoms with Crippen molar-refractivity contribution >= 4 is 23.4 Å². The molecular weight excluding hydrogens is 350 g/mol. The molecule has 142 valence electrons. The normalized spacial score (nSPS) is 16.3. The Labute approximate surface area is 156 Å². The molecule has 0 spiro atoms. The van der Waals surface area contributed by atoms with Crippen LogP contribution in [0.4, 0.5) is 5.69 Å². The molecule has 1 fully saturated rings. The summed E-state index contributed by atoms with van der Waals surface area (Å²) < 4.78 is 5.09. The lowest BCUT2D eigenvalue weighted by Gasteiger charge is -2.14. The summed E-state index contributed by atoms with van der Waals surface area (Å²) in [4.78, 5) is 37.9. The van der Waals surface area contributed by atoms with Gasteiger partial charge in [0, 0.05) is 37.8 Å². The highest BCUT2D eigenvalue weighted by atomic mass is 16.5. The van der Waals surface area contributed by atoms with E-state index in [1.807, 2.05) is 0 Å². The van der Waals surface area contributed by atoms with Gasteiger partial charge in [-0.1, -0.05) is 6.07 Å². The molecule has 0 saturated carbocycles. The lowest BCUT2D eigenvalue weighted by molar-refractivity contribution is -0.126. The SMILES string of the molecule is COc1cccc(C(=O)NCCNC(=O)C2CC(=O)N(c3cn[nH]c3)C2)c1. The quantitative estimate of drug-likeness (QED) is 0.606. The zero-order valence-corrected chi connectivity index (χ0v) is 14.9. The van der Waals surface area contributed by atoms with Gasteiger partial charge >= 0.3 is 0 Å². The summed E-state index contributed by atoms with van der Waals surface area (Å²) in [5.41, 5.74) is 1.14. The molecule has 1 atom stereocenters. The Kier molecular flexibility index (Phi) is 5.70. The van der Waals surface area contributed by atoms with Crippen molar-refractivity contribution in [2.24, 2.45) is 5.92 Å². The van der Waals surface area contributed by atoms with Gasteiger partial charge in [0.2, 0.25) is 11.8 Å². The molecule has 1 saturated heterocycles. The molecule has 1 aromatic carbocycles. The van der Waals surface area contributed by atoms with Crippen molar-refractivity contribution in [1.82, 2.24) is 20.8 Å². The van der Waals surface area contributed by atoms with Gasteiger partial charge in [0.25, 0.3) is 5.91 Å². The topological polar surface area (TPSA) is 116 Å². The van der Waals surface area contributed by atoms with Crippen LogP contribution < -0.4 is 20.3 Å². The van der Waals surface area contributed by atoms with Gasteiger partial charge in [-0.25, -0.2) is 0 Å². The Bertz CT molecular complexity index is 821. The van der Waals surface area contributed by atoms with E-state index in [2.05, 4.69) is 20.8 Å². The summed E-state index contributed by atoms with van der Waals surface area (Å²) in [6.45, 7) is 0.888. The number of hydrogen-bond donors (Lipinski definition) is 3. The highest BCUT2D eigenvalue weighted by Gasteiger charge is 2.35. The van der Waals surface area contributed by atoms with Crippen LogP contribution in [0.15, 0.2) is 36.7 Å². The molecular formula is C18H21N5O4. The molecule has 0 aliphatic carbocycles. The molecule has 2 heterocycles. The molecule has 3 rings (SSSR count). The van der Waals surface area contributed by atoms with E-state index in [4.69, 9.17) is 4.74 Å². The summed E-state index contributed by atoms with van der Waals surface area (Å²) in [5, 5.41) is 12.0. The Morgan fingerprint density at radius 2 is 2.15 bits per heavy atom. The molecule has 9 nitrogen and oxygen atoms in total. The lowest BCUT2D eigenvalue weighted by atomic mass is 10.1. The Hall–Kier alpha value is -3.36. The third kappa shape index (κ3) is 4.43. The first kappa shape index (κ1) is 18.4. The van der Waals surface area contributed by atoms with Gasteiger partial charge in [0.05, 0.1) is 24.9 Å². The van der Waals surface area contributed by atoms with Crippen molar-refractivity contribution in [2.45, 2.75) is 6.42 Å². The highest BCUT2D eigenvalue weighted by molar-refractivity contribution is 6.00. The third-order valence-electron chi connectivity index (χ3n) is 4.33. The molecule has 1 unspecified atom stereocenters. The first-order valence-corrected chi connectivity index (χ1v) is 8.57. The minimum atomic E-state index is -0.415. The van der Waals surface area contributed by atoms with E-state index < -0.39 is 5.92 Å². The van der Waals surface area contributed by atoms with Crippen LogP contribution in [-0.4, -0.2) is 54.7 Å². The number of anilines is 1. The number of methoxy groups -OCH3 is 1. The maximum Gasteiger partial charge on any atom is 0.251 e. The van der Waals surface area contributed by atoms with Crippen LogP contribution >= 0.6 is 0 Å². The van der Waals surface area contributed by atoms with Crippen molar-refractivity contribution in [3.8, 4) is 5.75 Å². The molecule has 3 N–H and O–H groups in total. The summed E-state index contributed by atoms with van der Waals surface area (Å²) in [7, 11) is 1.54. The van der Waals surface area contributed by atoms with Gasteiger partial charge < -0.3 is 20.3 Å². The van der Waals surface area contributed by atoms with Gasteiger partial charge in [0.1, 0.15) is 5.75 Å². The Morgan fingerprint density at radius 3 is 2.89 bits per heavy atom. The smallest absolute Gasteiger partial charge is 0.251 e. The minimum Gasteiger partial charge on any atom is -0.497 e. The summed E-state index contributed by atoms with van der Waals surface area (Å²) in [6, 6.07) is 6.82. The number of nitrogens with zero attached hydrogens (tertiary/aromatic N) is 2. The van der Waals surface area contributed by atoms with Crippen LogP contribution in [0.3, 0.4) is 0 Å². The molecule has 1 aliphatic rings. The maximum absolute atomic E-state index is 12.3. The second kappa shape index (κ2) is 8.35. The number of aromatic amines is 1. The number of hydrogen-bond acceptors (Lipinski definition) is 5. The second-order valence-corrected chi connectivity index (χ2v) is 6.14. The number of ether oxygens (including phenoxy) is 1. The van der Waals surface area contributed by atoms with Crippen molar-refractivity contribution in [2.75, 3.05) is 31.6 Å². The predicted octanol–water partition coefficient (Wildman–Crippen LogP) is 0.317. The van der Waals surface area contributed by atoms with E-state index in [9.17, 15) is 14.4 Å². The number of carbonyl (C=O) groups excluding carboxylic acids is 3. The van der Waals surface area contributed by atoms with Crippen molar-refractivity contribution in [3.05, 3.63) is 42.2 Å². The monoisotopic (exact) mass is 371 g/mol. The number of rotatable bonds is 7. The largest absolute Gasteiger partial charge is 0.497 e. The van der Waals surface area contributed by atoms with E-state index in [0.29, 0.717) is 23.5 Å². The fraction of sp³-hybridized carbons (Fsp3) is 0.333. The molecule has 9 heteroatoms. The number of amides is 3. The zero-order valence-electron chi connectivity index (χ0n) is 14.9. The van der Waals surface area contributed by atoms with E-state index in [1.165, 1.54) is 12.0 Å². The molecule has 1 aliphatic heterocycles. The van der Waals surface area contributed by atoms with Crippen molar-refractivity contribution < 1.29 is 19.1 Å². The number of carbonyl (C=O) groups is 3. The van der Waals surface area contributed by atoms with E-state index in [1.54, 1.807) is 36.7 Å². The average molecular weight is 371 g/mol. The van der Waals surface area contributed by atoms with Crippen molar-refractivity contribution in [1.29, 1.82) is 0 Å². The maximum atomic E-state index is 12.3. The summed E-state index contributed by atoms with van der Waals surface area (Å²) >= 11 is 0. The third-order valence-corrected chi connectivity index (χ3v) is 4.33. The van der Waals surface area contributed by atoms with Gasteiger partial charge in [0.15, 0.2) is 0 Å². The van der Waals surface area contributed by atoms with Gasteiger partial charge in [-0.3, -0.25) is 19.5 Å². The number of H-pyrrole nitrogens is 1. The fourth-order valence-electron chi connectivity index (χ4n) is 2.90. The lowest BCUT2D eigenvalue weighted by Crippen LogP contribution is -2.38. The van der Waals surface area contributed by atoms with Gasteiger partial charge in [-0.15, -0.1) is 0 Å². The molecule has 2 aromatic rings. The van der Waals surface area contributed by atoms with E-state index in [-0.39, 0.29) is 37.2 Å². The number of aromatic nitrogens is 2. The van der Waals surface area contributed by atoms with Gasteiger partial charge in [-0.05, 0) is 18.2 Å². The van der Waals surface area contributed by atoms with Crippen LogP contribution in [0, 0.1) is 5.92 Å². The molecule has 1 aromatic heterocycles. The van der Waals surface area contributed by atoms with Crippen molar-refractivity contribution in [3.63, 3.8) is 0 Å². The number of nitrogens with one attached hydrogen (secondary N) is 3. The summed E-state index contributed by atoms with van der Waals surface area (Å²) in [6.07, 6.45) is 3.33. The molecule has 0 bridgehead atoms. The first-order valence-electron chi connectivity index (χ1n) is 8.57. The fourth-order valence-corrected chi connectivity index (χ4v) is 2.90. The number of benzene rings is 1. The highest BCUT2D eigenvalue weighted by Crippen LogP contribution is 2.23. The van der Waals surface area contributed by atoms with Crippen LogP contribution in [0.1, 0.15) is 16.8 Å². The zero-order chi connectivity index (χ0) is 19.2. The van der Waals surface area contributed by atoms with Gasteiger partial charge in [-0.2, -0.15) is 5.10 Å². The Morgan fingerprint density at radius 1 is 1.33 bits per heavy atom. The minimum absolute atomic E-state index is 0.108. The predicted molar refractivity (Wildman–Crippen MR) is 97.4 cm³/mol. The van der Waals surface area contributed by atoms with Crippen LogP contribution in [0.5, 0.6) is 5.75 Å². The molecule has 3 amide bonds. The molecule has 27 heavy (non-hydrogen) atoms. The van der Waals surface area contributed by atoms with Crippen LogP contribution in [0.25, 0.3) is 0 Å². The Balaban J connectivity index is 1.42. The molecule has 0 radical (unpaired) electrons. The van der Waals surface area contributed by atoms with E-state index in [0.717, 1.165) is 0 Å². The summed E-state index contributed by atoms with van der Waals surface area (Å²) in [5.74, 6) is -0.372. The average Bonchev–Trinajstić information content (AvgIpc) is 3.34. The van der Waals surface area contributed by atoms with Crippen LogP contribution in [-0.2, 0) is 9.59 Å². The van der Waals surface area contributed by atoms with Crippen LogP contribution in [0.2, 0.25) is 0 Å².